The van der Waals surface area contributed by atoms with Crippen molar-refractivity contribution in [2.75, 3.05) is 44.7 Å². The number of ether oxygens (including phenoxy) is 2. The van der Waals surface area contributed by atoms with Crippen molar-refractivity contribution >= 4 is 17.3 Å². The Kier molecular flexibility index (Phi) is 7.68. The summed E-state index contributed by atoms with van der Waals surface area (Å²) in [7, 11) is 1.63. The molecule has 0 bridgehead atoms. The number of benzene rings is 3. The van der Waals surface area contributed by atoms with Crippen LogP contribution in [0.3, 0.4) is 0 Å². The van der Waals surface area contributed by atoms with Crippen LogP contribution < -0.4 is 14.4 Å². The lowest BCUT2D eigenvalue weighted by atomic mass is 10.1. The number of piperazine rings is 1. The van der Waals surface area contributed by atoms with Gasteiger partial charge in [-0.05, 0) is 60.2 Å². The minimum atomic E-state index is -0.396. The summed E-state index contributed by atoms with van der Waals surface area (Å²) in [5.41, 5.74) is 2.04. The van der Waals surface area contributed by atoms with E-state index in [4.69, 9.17) is 21.1 Å². The lowest BCUT2D eigenvalue weighted by Gasteiger charge is -2.36. The molecule has 0 aromatic heterocycles. The van der Waals surface area contributed by atoms with Crippen LogP contribution in [0.1, 0.15) is 18.1 Å². The monoisotopic (exact) mass is 472 g/mol. The summed E-state index contributed by atoms with van der Waals surface area (Å²) in [6.45, 7) is 4.41. The summed E-state index contributed by atoms with van der Waals surface area (Å²) >= 11 is 6.22. The zero-order valence-electron chi connectivity index (χ0n) is 18.5. The minimum Gasteiger partial charge on any atom is -0.497 e. The van der Waals surface area contributed by atoms with E-state index < -0.39 is 5.82 Å². The van der Waals surface area contributed by atoms with Gasteiger partial charge >= 0.3 is 0 Å². The zero-order valence-corrected chi connectivity index (χ0v) is 19.3. The molecule has 33 heavy (non-hydrogen) atoms. The fourth-order valence-corrected chi connectivity index (χ4v) is 4.23. The molecule has 3 aromatic carbocycles. The van der Waals surface area contributed by atoms with Gasteiger partial charge in [-0.25, -0.2) is 8.78 Å². The van der Waals surface area contributed by atoms with Crippen LogP contribution in [0.4, 0.5) is 14.5 Å². The van der Waals surface area contributed by atoms with E-state index in [9.17, 15) is 8.78 Å². The number of nitrogens with zero attached hydrogens (tertiary/aromatic N) is 2. The number of halogens is 3. The Morgan fingerprint density at radius 2 is 1.55 bits per heavy atom. The minimum absolute atomic E-state index is 0.219. The van der Waals surface area contributed by atoms with Crippen LogP contribution in [-0.2, 0) is 0 Å². The Morgan fingerprint density at radius 1 is 0.879 bits per heavy atom. The topological polar surface area (TPSA) is 24.9 Å². The highest BCUT2D eigenvalue weighted by Crippen LogP contribution is 2.32. The van der Waals surface area contributed by atoms with Gasteiger partial charge in [0.15, 0.2) is 0 Å². The van der Waals surface area contributed by atoms with Crippen LogP contribution in [0.5, 0.6) is 11.5 Å². The van der Waals surface area contributed by atoms with E-state index in [1.165, 1.54) is 24.3 Å². The van der Waals surface area contributed by atoms with Gasteiger partial charge in [-0.1, -0.05) is 23.7 Å². The molecule has 1 heterocycles. The molecule has 0 N–H and O–H groups in total. The predicted molar refractivity (Wildman–Crippen MR) is 127 cm³/mol. The summed E-state index contributed by atoms with van der Waals surface area (Å²) in [6, 6.07) is 18.6. The SMILES string of the molecule is COc1ccc(C(CCN2CCN(c3ccc(F)cc3)CC2)Oc2ccc(F)cc2Cl)cc1. The molecule has 1 atom stereocenters. The number of hydrogen-bond donors (Lipinski definition) is 0. The van der Waals surface area contributed by atoms with Crippen molar-refractivity contribution in [1.82, 2.24) is 4.90 Å². The first-order valence-corrected chi connectivity index (χ1v) is 11.4. The molecule has 4 nitrogen and oxygen atoms in total. The van der Waals surface area contributed by atoms with Gasteiger partial charge in [-0.2, -0.15) is 0 Å². The van der Waals surface area contributed by atoms with Crippen molar-refractivity contribution in [1.29, 1.82) is 0 Å². The highest BCUT2D eigenvalue weighted by atomic mass is 35.5. The maximum atomic E-state index is 13.5. The fourth-order valence-electron chi connectivity index (χ4n) is 4.02. The van der Waals surface area contributed by atoms with Gasteiger partial charge in [0.25, 0.3) is 0 Å². The van der Waals surface area contributed by atoms with E-state index in [1.54, 1.807) is 13.2 Å². The highest BCUT2D eigenvalue weighted by molar-refractivity contribution is 6.32. The number of methoxy groups -OCH3 is 1. The van der Waals surface area contributed by atoms with Gasteiger partial charge in [0.1, 0.15) is 29.2 Å². The van der Waals surface area contributed by atoms with Gasteiger partial charge in [0, 0.05) is 44.8 Å². The van der Waals surface area contributed by atoms with Gasteiger partial charge in [-0.15, -0.1) is 0 Å². The van der Waals surface area contributed by atoms with Crippen molar-refractivity contribution in [2.24, 2.45) is 0 Å². The maximum Gasteiger partial charge on any atom is 0.139 e. The maximum absolute atomic E-state index is 13.5. The van der Waals surface area contributed by atoms with Crippen molar-refractivity contribution in [3.8, 4) is 11.5 Å². The van der Waals surface area contributed by atoms with Crippen molar-refractivity contribution in [3.63, 3.8) is 0 Å². The summed E-state index contributed by atoms with van der Waals surface area (Å²) in [5, 5.41) is 0.251. The second-order valence-corrected chi connectivity index (χ2v) is 8.46. The van der Waals surface area contributed by atoms with Crippen LogP contribution in [0.25, 0.3) is 0 Å². The summed E-state index contributed by atoms with van der Waals surface area (Å²) in [5.74, 6) is 0.616. The van der Waals surface area contributed by atoms with Crippen LogP contribution in [-0.4, -0.2) is 44.7 Å². The van der Waals surface area contributed by atoms with E-state index in [0.29, 0.717) is 5.75 Å². The normalized spacial score (nSPS) is 15.3. The molecule has 0 saturated carbocycles. The largest absolute Gasteiger partial charge is 0.497 e. The first kappa shape index (κ1) is 23.3. The lowest BCUT2D eigenvalue weighted by molar-refractivity contribution is 0.160. The molecule has 1 saturated heterocycles. The quantitative estimate of drug-likeness (QED) is 0.404. The third-order valence-electron chi connectivity index (χ3n) is 5.92. The van der Waals surface area contributed by atoms with Gasteiger partial charge < -0.3 is 14.4 Å². The molecule has 1 aliphatic rings. The molecule has 0 aliphatic carbocycles. The molecule has 3 aromatic rings. The van der Waals surface area contributed by atoms with Gasteiger partial charge in [-0.3, -0.25) is 4.90 Å². The number of hydrogen-bond acceptors (Lipinski definition) is 4. The molecule has 1 unspecified atom stereocenters. The Morgan fingerprint density at radius 3 is 2.18 bits per heavy atom. The second kappa shape index (κ2) is 10.9. The third-order valence-corrected chi connectivity index (χ3v) is 6.22. The summed E-state index contributed by atoms with van der Waals surface area (Å²) in [4.78, 5) is 4.66. The second-order valence-electron chi connectivity index (χ2n) is 8.05. The molecule has 7 heteroatoms. The molecule has 1 fully saturated rings. The van der Waals surface area contributed by atoms with E-state index in [1.807, 2.05) is 36.4 Å². The van der Waals surface area contributed by atoms with Crippen LogP contribution in [0.15, 0.2) is 66.7 Å². The predicted octanol–water partition coefficient (Wildman–Crippen LogP) is 5.96. The fraction of sp³-hybridized carbons (Fsp3) is 0.308. The molecule has 174 valence electrons. The molecule has 0 radical (unpaired) electrons. The van der Waals surface area contributed by atoms with Crippen molar-refractivity contribution in [3.05, 3.63) is 89.0 Å². The van der Waals surface area contributed by atoms with E-state index in [2.05, 4.69) is 9.80 Å². The van der Waals surface area contributed by atoms with E-state index in [0.717, 1.165) is 56.1 Å². The Hall–Kier alpha value is -2.83. The molecular weight excluding hydrogens is 446 g/mol. The Balaban J connectivity index is 1.40. The van der Waals surface area contributed by atoms with Gasteiger partial charge in [0.2, 0.25) is 0 Å². The molecule has 1 aliphatic heterocycles. The average molecular weight is 473 g/mol. The Bertz CT molecular complexity index is 1040. The van der Waals surface area contributed by atoms with Crippen molar-refractivity contribution < 1.29 is 18.3 Å². The Labute approximate surface area is 198 Å². The number of anilines is 1. The first-order valence-electron chi connectivity index (χ1n) is 11.0. The highest BCUT2D eigenvalue weighted by Gasteiger charge is 2.21. The first-order chi connectivity index (χ1) is 16.0. The molecular formula is C26H27ClF2N2O2. The molecule has 4 rings (SSSR count). The number of rotatable bonds is 8. The average Bonchev–Trinajstić information content (AvgIpc) is 2.84. The summed E-state index contributed by atoms with van der Waals surface area (Å²) in [6.07, 6.45) is 0.505. The third kappa shape index (κ3) is 6.15. The van der Waals surface area contributed by atoms with Crippen molar-refractivity contribution in [2.45, 2.75) is 12.5 Å². The zero-order chi connectivity index (χ0) is 23.2. The van der Waals surface area contributed by atoms with Gasteiger partial charge in [0.05, 0.1) is 12.1 Å². The summed E-state index contributed by atoms with van der Waals surface area (Å²) < 4.78 is 38.2. The standard InChI is InChI=1S/C26H27ClF2N2O2/c1-32-23-9-2-19(3-10-23)25(33-26-11-6-21(29)18-24(26)27)12-13-30-14-16-31(17-15-30)22-7-4-20(28)5-8-22/h2-11,18,25H,12-17H2,1H3. The lowest BCUT2D eigenvalue weighted by Crippen LogP contribution is -2.46. The van der Waals surface area contributed by atoms with Crippen LogP contribution in [0, 0.1) is 11.6 Å². The van der Waals surface area contributed by atoms with E-state index >= 15 is 0 Å². The smallest absolute Gasteiger partial charge is 0.139 e. The van der Waals surface area contributed by atoms with E-state index in [-0.39, 0.29) is 16.9 Å². The molecule has 0 spiro atoms. The van der Waals surface area contributed by atoms with Crippen LogP contribution in [0.2, 0.25) is 5.02 Å². The molecule has 0 amide bonds. The van der Waals surface area contributed by atoms with Crippen LogP contribution >= 0.6 is 11.6 Å².